The minimum Gasteiger partial charge on any atom is -0.465 e. The molecule has 3 heterocycles. The predicted molar refractivity (Wildman–Crippen MR) is 83.8 cm³/mol. The number of methoxy groups -OCH3 is 1. The molecule has 4 rings (SSSR count). The van der Waals surface area contributed by atoms with Crippen molar-refractivity contribution >= 4 is 28.6 Å². The summed E-state index contributed by atoms with van der Waals surface area (Å²) in [7, 11) is 1.35. The summed E-state index contributed by atoms with van der Waals surface area (Å²) < 4.78 is 6.43. The van der Waals surface area contributed by atoms with E-state index in [9.17, 15) is 4.79 Å². The normalized spacial score (nSPS) is 11.2. The summed E-state index contributed by atoms with van der Waals surface area (Å²) in [6.07, 6.45) is 3.31. The van der Waals surface area contributed by atoms with Crippen molar-refractivity contribution < 1.29 is 9.53 Å². The number of benzene rings is 1. The van der Waals surface area contributed by atoms with Crippen LogP contribution in [0.4, 0.5) is 5.95 Å². The number of carbonyl (C=O) groups is 1. The number of aromatic nitrogens is 5. The van der Waals surface area contributed by atoms with E-state index in [0.717, 1.165) is 16.6 Å². The molecule has 0 saturated heterocycles. The number of ether oxygens (including phenoxy) is 1. The number of esters is 1. The van der Waals surface area contributed by atoms with E-state index in [1.807, 2.05) is 18.2 Å². The molecular weight excluding hydrogens is 296 g/mol. The molecule has 0 radical (unpaired) electrons. The number of nitrogen functional groups attached to an aromatic ring is 1. The fraction of sp³-hybridized carbons (Fsp3) is 0.0667. The van der Waals surface area contributed by atoms with Crippen LogP contribution in [-0.2, 0) is 4.74 Å². The Balaban J connectivity index is 1.94. The fourth-order valence-corrected chi connectivity index (χ4v) is 2.56. The number of H-pyrrole nitrogens is 1. The zero-order valence-electron chi connectivity index (χ0n) is 12.1. The summed E-state index contributed by atoms with van der Waals surface area (Å²) in [5, 5.41) is 4.04. The van der Waals surface area contributed by atoms with E-state index in [-0.39, 0.29) is 5.95 Å². The average Bonchev–Trinajstić information content (AvgIpc) is 3.17. The summed E-state index contributed by atoms with van der Waals surface area (Å²) in [5.74, 6) is -0.224. The number of imidazole rings is 1. The molecule has 0 aliphatic rings. The largest absolute Gasteiger partial charge is 0.465 e. The maximum atomic E-state index is 12.0. The first kappa shape index (κ1) is 13.3. The number of pyridine rings is 1. The van der Waals surface area contributed by atoms with Gasteiger partial charge in [0.25, 0.3) is 0 Å². The smallest absolute Gasteiger partial charge is 0.340 e. The molecular formula is C15H12N6O2. The van der Waals surface area contributed by atoms with Gasteiger partial charge >= 0.3 is 5.97 Å². The van der Waals surface area contributed by atoms with Gasteiger partial charge in [-0.3, -0.25) is 0 Å². The van der Waals surface area contributed by atoms with Crippen molar-refractivity contribution in [2.24, 2.45) is 0 Å². The van der Waals surface area contributed by atoms with Crippen LogP contribution in [-0.4, -0.2) is 37.6 Å². The number of rotatable bonds is 2. The molecule has 0 atom stereocenters. The first-order valence-electron chi connectivity index (χ1n) is 6.83. The topological polar surface area (TPSA) is 111 Å². The van der Waals surface area contributed by atoms with Crippen LogP contribution in [0.15, 0.2) is 36.8 Å². The van der Waals surface area contributed by atoms with Crippen LogP contribution in [0.1, 0.15) is 10.4 Å². The molecule has 0 amide bonds. The van der Waals surface area contributed by atoms with Crippen LogP contribution in [0, 0.1) is 0 Å². The Hall–Kier alpha value is -3.42. The quantitative estimate of drug-likeness (QED) is 0.545. The lowest BCUT2D eigenvalue weighted by Crippen LogP contribution is -2.02. The first-order valence-corrected chi connectivity index (χ1v) is 6.83. The highest BCUT2D eigenvalue weighted by Crippen LogP contribution is 2.27. The molecule has 8 nitrogen and oxygen atoms in total. The zero-order valence-corrected chi connectivity index (χ0v) is 12.1. The van der Waals surface area contributed by atoms with Gasteiger partial charge < -0.3 is 15.5 Å². The Morgan fingerprint density at radius 2 is 2.17 bits per heavy atom. The molecule has 23 heavy (non-hydrogen) atoms. The summed E-state index contributed by atoms with van der Waals surface area (Å²) in [6.45, 7) is 0. The van der Waals surface area contributed by atoms with Crippen LogP contribution in [0.3, 0.4) is 0 Å². The van der Waals surface area contributed by atoms with Crippen LogP contribution >= 0.6 is 0 Å². The number of nitrogens with one attached hydrogen (secondary N) is 1. The van der Waals surface area contributed by atoms with Crippen LogP contribution in [0.5, 0.6) is 0 Å². The summed E-state index contributed by atoms with van der Waals surface area (Å²) in [5.41, 5.74) is 9.69. The number of nitrogens with zero attached hydrogens (tertiary/aromatic N) is 4. The monoisotopic (exact) mass is 308 g/mol. The van der Waals surface area contributed by atoms with Crippen molar-refractivity contribution in [1.82, 2.24) is 24.6 Å². The Labute approximate surface area is 129 Å². The molecule has 4 aromatic rings. The van der Waals surface area contributed by atoms with Gasteiger partial charge in [-0.25, -0.2) is 14.3 Å². The lowest BCUT2D eigenvalue weighted by atomic mass is 10.0. The van der Waals surface area contributed by atoms with Crippen molar-refractivity contribution in [3.05, 3.63) is 42.4 Å². The Morgan fingerprint density at radius 1 is 1.30 bits per heavy atom. The molecule has 0 saturated carbocycles. The summed E-state index contributed by atoms with van der Waals surface area (Å²) >= 11 is 0. The van der Waals surface area contributed by atoms with Gasteiger partial charge in [0.1, 0.15) is 5.52 Å². The Bertz CT molecular complexity index is 1050. The third-order valence-corrected chi connectivity index (χ3v) is 3.62. The number of fused-ring (bicyclic) bond motifs is 2. The molecule has 8 heteroatoms. The molecule has 1 aromatic carbocycles. The lowest BCUT2D eigenvalue weighted by molar-refractivity contribution is 0.0603. The fourth-order valence-electron chi connectivity index (χ4n) is 2.56. The highest BCUT2D eigenvalue weighted by Gasteiger charge is 2.15. The van der Waals surface area contributed by atoms with Crippen LogP contribution in [0.2, 0.25) is 0 Å². The van der Waals surface area contributed by atoms with E-state index in [2.05, 4.69) is 20.1 Å². The van der Waals surface area contributed by atoms with Crippen molar-refractivity contribution in [2.75, 3.05) is 12.8 Å². The van der Waals surface area contributed by atoms with E-state index in [1.54, 1.807) is 23.1 Å². The van der Waals surface area contributed by atoms with Crippen molar-refractivity contribution in [3.8, 4) is 11.1 Å². The molecule has 0 spiro atoms. The molecule has 114 valence electrons. The molecule has 0 bridgehead atoms. The van der Waals surface area contributed by atoms with Crippen LogP contribution in [0.25, 0.3) is 27.8 Å². The number of nitrogens with two attached hydrogens (primary N) is 1. The number of carbonyl (C=O) groups excluding carboxylic acids is 1. The van der Waals surface area contributed by atoms with E-state index >= 15 is 0 Å². The van der Waals surface area contributed by atoms with Gasteiger partial charge in [-0.05, 0) is 35.4 Å². The first-order chi connectivity index (χ1) is 11.2. The minimum atomic E-state index is -0.434. The predicted octanol–water partition coefficient (Wildman–Crippen LogP) is 1.64. The third kappa shape index (κ3) is 2.08. The number of anilines is 1. The molecule has 3 N–H and O–H groups in total. The van der Waals surface area contributed by atoms with Gasteiger partial charge in [0.15, 0.2) is 5.65 Å². The van der Waals surface area contributed by atoms with Crippen molar-refractivity contribution in [2.45, 2.75) is 0 Å². The Morgan fingerprint density at radius 3 is 3.00 bits per heavy atom. The molecule has 0 aliphatic heterocycles. The number of hydrogen-bond donors (Lipinski definition) is 2. The minimum absolute atomic E-state index is 0.210. The van der Waals surface area contributed by atoms with E-state index in [0.29, 0.717) is 16.7 Å². The Kier molecular flexibility index (Phi) is 2.77. The third-order valence-electron chi connectivity index (χ3n) is 3.62. The maximum Gasteiger partial charge on any atom is 0.340 e. The molecule has 3 aromatic heterocycles. The highest BCUT2D eigenvalue weighted by molar-refractivity contribution is 6.03. The molecule has 0 fully saturated rings. The second kappa shape index (κ2) is 4.80. The second-order valence-corrected chi connectivity index (χ2v) is 5.00. The van der Waals surface area contributed by atoms with Gasteiger partial charge in [0.05, 0.1) is 24.5 Å². The van der Waals surface area contributed by atoms with Gasteiger partial charge in [-0.1, -0.05) is 0 Å². The maximum absolute atomic E-state index is 12.0. The number of aromatic amines is 1. The van der Waals surface area contributed by atoms with Gasteiger partial charge in [0.2, 0.25) is 5.95 Å². The summed E-state index contributed by atoms with van der Waals surface area (Å²) in [6, 6.07) is 7.39. The standard InChI is InChI=1S/C15H12N6O2/c1-23-14(22)10-4-9(5-11-13(10)18-7-17-11)8-2-3-21-12(6-8)19-15(16)20-21/h2-7H,1H3,(H2,16,20)(H,17,18). The summed E-state index contributed by atoms with van der Waals surface area (Å²) in [4.78, 5) is 23.3. The average molecular weight is 308 g/mol. The van der Waals surface area contributed by atoms with E-state index < -0.39 is 5.97 Å². The molecule has 0 unspecified atom stereocenters. The molecule has 0 aliphatic carbocycles. The van der Waals surface area contributed by atoms with Crippen LogP contribution < -0.4 is 5.73 Å². The van der Waals surface area contributed by atoms with Crippen molar-refractivity contribution in [3.63, 3.8) is 0 Å². The second-order valence-electron chi connectivity index (χ2n) is 5.00. The highest BCUT2D eigenvalue weighted by atomic mass is 16.5. The van der Waals surface area contributed by atoms with Gasteiger partial charge in [0, 0.05) is 6.20 Å². The zero-order chi connectivity index (χ0) is 16.0. The number of hydrogen-bond acceptors (Lipinski definition) is 6. The lowest BCUT2D eigenvalue weighted by Gasteiger charge is -2.06. The van der Waals surface area contributed by atoms with E-state index in [1.165, 1.54) is 7.11 Å². The van der Waals surface area contributed by atoms with Crippen molar-refractivity contribution in [1.29, 1.82) is 0 Å². The van der Waals surface area contributed by atoms with Gasteiger partial charge in [-0.2, -0.15) is 4.98 Å². The van der Waals surface area contributed by atoms with E-state index in [4.69, 9.17) is 10.5 Å². The SMILES string of the molecule is COC(=O)c1cc(-c2ccn3nc(N)nc3c2)cc2[nH]cnc12. The van der Waals surface area contributed by atoms with Gasteiger partial charge in [-0.15, -0.1) is 5.10 Å².